The number of para-hydroxylation sites is 1. The molecule has 12 rings (SSSR count). The number of rotatable bonds is 5. The van der Waals surface area contributed by atoms with Crippen LogP contribution in [0.3, 0.4) is 0 Å². The molecular weight excluding hydrogens is 707 g/mol. The number of fused-ring (bicyclic) bond motifs is 12. The zero-order valence-electron chi connectivity index (χ0n) is 31.3. The first-order valence-electron chi connectivity index (χ1n) is 19.7. The zero-order valence-corrected chi connectivity index (χ0v) is 31.3. The number of hydrogen-bond acceptors (Lipinski definition) is 3. The Balaban J connectivity index is 0.939. The number of nitrogens with zero attached hydrogens (tertiary/aromatic N) is 1. The van der Waals surface area contributed by atoms with Crippen molar-refractivity contribution in [2.75, 3.05) is 4.90 Å². The molecule has 1 spiro atoms. The van der Waals surface area contributed by atoms with Gasteiger partial charge in [-0.3, -0.25) is 0 Å². The van der Waals surface area contributed by atoms with Crippen LogP contribution in [0.1, 0.15) is 22.3 Å². The van der Waals surface area contributed by atoms with Gasteiger partial charge in [0.05, 0.1) is 11.1 Å². The maximum atomic E-state index is 6.84. The lowest BCUT2D eigenvalue weighted by Crippen LogP contribution is -2.25. The van der Waals surface area contributed by atoms with Crippen LogP contribution in [0.5, 0.6) is 23.0 Å². The summed E-state index contributed by atoms with van der Waals surface area (Å²) >= 11 is 0. The second-order valence-corrected chi connectivity index (χ2v) is 15.1. The summed E-state index contributed by atoms with van der Waals surface area (Å²) in [4.78, 5) is 2.27. The van der Waals surface area contributed by atoms with Crippen molar-refractivity contribution in [2.45, 2.75) is 5.41 Å². The highest BCUT2D eigenvalue weighted by molar-refractivity contribution is 5.95. The maximum Gasteiger partial charge on any atom is 0.172 e. The lowest BCUT2D eigenvalue weighted by molar-refractivity contribution is 0.359. The summed E-state index contributed by atoms with van der Waals surface area (Å²) in [5.74, 6) is 2.72. The van der Waals surface area contributed by atoms with Crippen LogP contribution in [0.2, 0.25) is 0 Å². The van der Waals surface area contributed by atoms with Crippen molar-refractivity contribution < 1.29 is 9.47 Å². The number of ether oxygens (including phenoxy) is 2. The highest BCUT2D eigenvalue weighted by atomic mass is 16.6. The van der Waals surface area contributed by atoms with Gasteiger partial charge in [0.25, 0.3) is 0 Å². The third-order valence-electron chi connectivity index (χ3n) is 12.0. The van der Waals surface area contributed by atoms with Crippen molar-refractivity contribution in [1.29, 1.82) is 0 Å². The zero-order chi connectivity index (χ0) is 38.2. The van der Waals surface area contributed by atoms with Crippen molar-refractivity contribution >= 4 is 17.1 Å². The fraction of sp³-hybridized carbons (Fsp3) is 0.0182. The summed E-state index contributed by atoms with van der Waals surface area (Å²) in [6, 6.07) is 77.6. The van der Waals surface area contributed by atoms with E-state index in [4.69, 9.17) is 9.47 Å². The van der Waals surface area contributed by atoms with Gasteiger partial charge in [0, 0.05) is 23.0 Å². The Morgan fingerprint density at radius 3 is 1.69 bits per heavy atom. The molecule has 270 valence electrons. The summed E-state index contributed by atoms with van der Waals surface area (Å²) in [6.45, 7) is 0. The van der Waals surface area contributed by atoms with Gasteiger partial charge in [-0.1, -0.05) is 146 Å². The molecule has 0 bridgehead atoms. The third kappa shape index (κ3) is 4.76. The molecule has 0 fully saturated rings. The van der Waals surface area contributed by atoms with Gasteiger partial charge in [0.2, 0.25) is 0 Å². The Kier molecular flexibility index (Phi) is 7.05. The van der Waals surface area contributed by atoms with E-state index in [9.17, 15) is 0 Å². The van der Waals surface area contributed by atoms with Gasteiger partial charge >= 0.3 is 0 Å². The van der Waals surface area contributed by atoms with Gasteiger partial charge in [0.1, 0.15) is 0 Å². The van der Waals surface area contributed by atoms with Crippen LogP contribution in [0.25, 0.3) is 44.5 Å². The van der Waals surface area contributed by atoms with Crippen molar-refractivity contribution in [1.82, 2.24) is 0 Å². The standard InChI is InChI=1S/C55H33NO2/c1-3-14-36(15-4-1)37-26-28-38(29-27-37)39-16-13-19-41(32-39)56(40-17-5-2-6-18-40)42-30-31-51-52(33-42)58-53-34-46-45-22-9-12-25-49(45)55(50(46)35-54(53)57-51)47-23-10-7-20-43(47)44-21-8-11-24-48(44)55/h1-11,13-24,26-35H. The Bertz CT molecular complexity index is 3020. The van der Waals surface area contributed by atoms with Gasteiger partial charge in [-0.2, -0.15) is 0 Å². The first-order valence-corrected chi connectivity index (χ1v) is 19.7. The normalized spacial score (nSPS) is 13.1. The Labute approximate surface area is 337 Å². The maximum absolute atomic E-state index is 6.84. The molecule has 9 aromatic rings. The predicted molar refractivity (Wildman–Crippen MR) is 233 cm³/mol. The molecule has 0 amide bonds. The molecule has 9 aromatic carbocycles. The van der Waals surface area contributed by atoms with E-state index < -0.39 is 5.41 Å². The molecule has 0 N–H and O–H groups in total. The van der Waals surface area contributed by atoms with Crippen LogP contribution in [0.15, 0.2) is 200 Å². The molecule has 0 aromatic heterocycles. The average Bonchev–Trinajstić information content (AvgIpc) is 3.75. The molecule has 1 heterocycles. The molecule has 0 radical (unpaired) electrons. The SMILES string of the molecule is c1ccc2c(c#1)C1(c3cc4c(cc3-2)Oc2cc(N(c3ccccc3)c3cccc(-c5ccc(-c6ccccc6)cc5)c3)ccc2O4)c2ccccc2-c2ccccc21. The molecular formula is C55H33NO2. The van der Waals surface area contributed by atoms with E-state index in [1.807, 2.05) is 24.3 Å². The van der Waals surface area contributed by atoms with Crippen molar-refractivity contribution in [2.24, 2.45) is 0 Å². The highest BCUT2D eigenvalue weighted by Gasteiger charge is 2.52. The highest BCUT2D eigenvalue weighted by Crippen LogP contribution is 2.64. The van der Waals surface area contributed by atoms with Crippen LogP contribution in [0.4, 0.5) is 17.1 Å². The van der Waals surface area contributed by atoms with Gasteiger partial charge in [-0.15, -0.1) is 0 Å². The summed E-state index contributed by atoms with van der Waals surface area (Å²) in [5, 5.41) is 0. The van der Waals surface area contributed by atoms with Crippen molar-refractivity contribution in [3.63, 3.8) is 0 Å². The molecule has 2 aliphatic carbocycles. The van der Waals surface area contributed by atoms with Crippen molar-refractivity contribution in [3.05, 3.63) is 235 Å². The topological polar surface area (TPSA) is 21.7 Å². The largest absolute Gasteiger partial charge is 0.449 e. The average molecular weight is 740 g/mol. The number of anilines is 3. The summed E-state index contributed by atoms with van der Waals surface area (Å²) in [7, 11) is 0. The minimum absolute atomic E-state index is 0.535. The van der Waals surface area contributed by atoms with Gasteiger partial charge in [0.15, 0.2) is 23.0 Å². The van der Waals surface area contributed by atoms with Crippen LogP contribution < -0.4 is 14.4 Å². The molecule has 3 heteroatoms. The third-order valence-corrected chi connectivity index (χ3v) is 12.0. The molecule has 3 nitrogen and oxygen atoms in total. The van der Waals surface area contributed by atoms with E-state index in [0.717, 1.165) is 44.9 Å². The van der Waals surface area contributed by atoms with Crippen LogP contribution >= 0.6 is 0 Å². The smallest absolute Gasteiger partial charge is 0.172 e. The molecule has 0 saturated carbocycles. The Hall–Kier alpha value is -7.80. The Morgan fingerprint density at radius 1 is 0.362 bits per heavy atom. The second kappa shape index (κ2) is 12.6. The van der Waals surface area contributed by atoms with E-state index >= 15 is 0 Å². The molecule has 1 aliphatic heterocycles. The van der Waals surface area contributed by atoms with E-state index in [0.29, 0.717) is 23.0 Å². The summed E-state index contributed by atoms with van der Waals surface area (Å²) in [5.41, 5.74) is 16.7. The summed E-state index contributed by atoms with van der Waals surface area (Å²) in [6.07, 6.45) is 0. The van der Waals surface area contributed by atoms with E-state index in [1.165, 1.54) is 38.9 Å². The van der Waals surface area contributed by atoms with Gasteiger partial charge < -0.3 is 14.4 Å². The van der Waals surface area contributed by atoms with Crippen molar-refractivity contribution in [3.8, 4) is 67.5 Å². The first kappa shape index (κ1) is 32.4. The van der Waals surface area contributed by atoms with Crippen LogP contribution in [0, 0.1) is 12.1 Å². The minimum atomic E-state index is -0.535. The molecule has 0 saturated heterocycles. The number of benzene rings is 8. The van der Waals surface area contributed by atoms with Gasteiger partial charge in [-0.25, -0.2) is 0 Å². The summed E-state index contributed by atoms with van der Waals surface area (Å²) < 4.78 is 13.6. The lowest BCUT2D eigenvalue weighted by Gasteiger charge is -2.30. The second-order valence-electron chi connectivity index (χ2n) is 15.1. The monoisotopic (exact) mass is 739 g/mol. The molecule has 3 aliphatic rings. The lowest BCUT2D eigenvalue weighted by atomic mass is 9.71. The van der Waals surface area contributed by atoms with Crippen LogP contribution in [-0.2, 0) is 5.41 Å². The van der Waals surface area contributed by atoms with Gasteiger partial charge in [-0.05, 0) is 122 Å². The fourth-order valence-electron chi connectivity index (χ4n) is 9.46. The number of hydrogen-bond donors (Lipinski definition) is 0. The minimum Gasteiger partial charge on any atom is -0.449 e. The van der Waals surface area contributed by atoms with E-state index in [2.05, 4.69) is 193 Å². The molecule has 0 atom stereocenters. The molecule has 58 heavy (non-hydrogen) atoms. The quantitative estimate of drug-likeness (QED) is 0.175. The van der Waals surface area contributed by atoms with Crippen LogP contribution in [-0.4, -0.2) is 0 Å². The Morgan fingerprint density at radius 2 is 0.931 bits per heavy atom. The fourth-order valence-corrected chi connectivity index (χ4v) is 9.46. The van der Waals surface area contributed by atoms with E-state index in [-0.39, 0.29) is 0 Å². The molecule has 0 unspecified atom stereocenters. The first-order chi connectivity index (χ1) is 28.7. The predicted octanol–water partition coefficient (Wildman–Crippen LogP) is 14.3. The van der Waals surface area contributed by atoms with E-state index in [1.54, 1.807) is 0 Å².